The monoisotopic (exact) mass is 302 g/mol. The maximum Gasteiger partial charge on any atom is 0.146 e. The number of aromatic nitrogens is 2. The summed E-state index contributed by atoms with van der Waals surface area (Å²) >= 11 is 3.44. The molecule has 1 N–H and O–H groups in total. The van der Waals surface area contributed by atoms with Crippen molar-refractivity contribution in [2.24, 2.45) is 0 Å². The predicted molar refractivity (Wildman–Crippen MR) is 74.7 cm³/mol. The minimum Gasteiger partial charge on any atom is -0.506 e. The number of benzene rings is 1. The quantitative estimate of drug-likeness (QED) is 0.743. The van der Waals surface area contributed by atoms with Crippen molar-refractivity contribution in [1.82, 2.24) is 9.38 Å². The lowest BCUT2D eigenvalue weighted by Gasteiger charge is -2.02. The molecule has 0 atom stereocenters. The summed E-state index contributed by atoms with van der Waals surface area (Å²) in [6, 6.07) is 11.6. The molecule has 1 aromatic carbocycles. The van der Waals surface area contributed by atoms with E-state index in [-0.39, 0.29) is 5.75 Å². The molecule has 0 spiro atoms. The van der Waals surface area contributed by atoms with Gasteiger partial charge in [0.1, 0.15) is 16.2 Å². The van der Waals surface area contributed by atoms with Crippen molar-refractivity contribution in [2.75, 3.05) is 0 Å². The SMILES string of the molecule is Cc1cccc(-c2nc(Br)c3ccc(O)cn23)c1. The Kier molecular flexibility index (Phi) is 2.59. The molecule has 3 nitrogen and oxygen atoms in total. The van der Waals surface area contributed by atoms with Crippen molar-refractivity contribution in [3.63, 3.8) is 0 Å². The fraction of sp³-hybridized carbons (Fsp3) is 0.0714. The van der Waals surface area contributed by atoms with E-state index in [2.05, 4.69) is 27.0 Å². The molecule has 90 valence electrons. The van der Waals surface area contributed by atoms with E-state index in [9.17, 15) is 5.11 Å². The van der Waals surface area contributed by atoms with E-state index in [4.69, 9.17) is 0 Å². The van der Waals surface area contributed by atoms with E-state index in [1.807, 2.05) is 35.6 Å². The van der Waals surface area contributed by atoms with E-state index < -0.39 is 0 Å². The van der Waals surface area contributed by atoms with Crippen LogP contribution in [0.25, 0.3) is 16.9 Å². The summed E-state index contributed by atoms with van der Waals surface area (Å²) in [6.07, 6.45) is 1.67. The van der Waals surface area contributed by atoms with Crippen LogP contribution >= 0.6 is 15.9 Å². The molecule has 0 saturated heterocycles. The van der Waals surface area contributed by atoms with Gasteiger partial charge >= 0.3 is 0 Å². The average Bonchev–Trinajstić information content (AvgIpc) is 2.66. The third kappa shape index (κ3) is 1.78. The van der Waals surface area contributed by atoms with E-state index >= 15 is 0 Å². The van der Waals surface area contributed by atoms with Crippen molar-refractivity contribution in [2.45, 2.75) is 6.92 Å². The Morgan fingerprint density at radius 1 is 1.22 bits per heavy atom. The minimum absolute atomic E-state index is 0.223. The predicted octanol–water partition coefficient (Wildman–Crippen LogP) is 3.78. The van der Waals surface area contributed by atoms with Crippen molar-refractivity contribution in [3.05, 3.63) is 52.8 Å². The van der Waals surface area contributed by atoms with E-state index in [0.717, 1.165) is 21.5 Å². The molecule has 0 amide bonds. The molecule has 0 saturated carbocycles. The van der Waals surface area contributed by atoms with Gasteiger partial charge < -0.3 is 5.11 Å². The summed E-state index contributed by atoms with van der Waals surface area (Å²) in [7, 11) is 0. The first-order valence-corrected chi connectivity index (χ1v) is 6.38. The highest BCUT2D eigenvalue weighted by Crippen LogP contribution is 2.28. The third-order valence-corrected chi connectivity index (χ3v) is 3.44. The van der Waals surface area contributed by atoms with Gasteiger partial charge in [-0.05, 0) is 41.1 Å². The van der Waals surface area contributed by atoms with Gasteiger partial charge in [0, 0.05) is 5.56 Å². The van der Waals surface area contributed by atoms with Gasteiger partial charge in [-0.2, -0.15) is 0 Å². The van der Waals surface area contributed by atoms with Crippen LogP contribution in [0.5, 0.6) is 5.75 Å². The van der Waals surface area contributed by atoms with Crippen LogP contribution in [-0.2, 0) is 0 Å². The number of aryl methyl sites for hydroxylation is 1. The standard InChI is InChI=1S/C14H11BrN2O/c1-9-3-2-4-10(7-9)14-16-13(15)12-6-5-11(18)8-17(12)14/h2-8,18H,1H3. The van der Waals surface area contributed by atoms with E-state index in [1.54, 1.807) is 12.3 Å². The van der Waals surface area contributed by atoms with Crippen LogP contribution in [-0.4, -0.2) is 14.5 Å². The Morgan fingerprint density at radius 3 is 2.83 bits per heavy atom. The van der Waals surface area contributed by atoms with Crippen molar-refractivity contribution in [3.8, 4) is 17.1 Å². The highest BCUT2D eigenvalue weighted by molar-refractivity contribution is 9.10. The normalized spacial score (nSPS) is 11.0. The molecule has 3 aromatic rings. The van der Waals surface area contributed by atoms with Crippen molar-refractivity contribution < 1.29 is 5.11 Å². The number of aromatic hydroxyl groups is 1. The summed E-state index contributed by atoms with van der Waals surface area (Å²) in [4.78, 5) is 4.51. The van der Waals surface area contributed by atoms with Gasteiger partial charge in [-0.25, -0.2) is 4.98 Å². The van der Waals surface area contributed by atoms with Crippen molar-refractivity contribution in [1.29, 1.82) is 0 Å². The Labute approximate surface area is 113 Å². The lowest BCUT2D eigenvalue weighted by Crippen LogP contribution is -1.89. The second-order valence-electron chi connectivity index (χ2n) is 4.24. The Balaban J connectivity index is 2.32. The second kappa shape index (κ2) is 4.14. The molecule has 0 aliphatic carbocycles. The number of imidazole rings is 1. The molecule has 3 rings (SSSR count). The number of rotatable bonds is 1. The average molecular weight is 303 g/mol. The van der Waals surface area contributed by atoms with Gasteiger partial charge in [0.15, 0.2) is 0 Å². The summed E-state index contributed by atoms with van der Waals surface area (Å²) in [5.74, 6) is 1.04. The molecule has 0 fully saturated rings. The van der Waals surface area contributed by atoms with Crippen LogP contribution in [0, 0.1) is 6.92 Å². The summed E-state index contributed by atoms with van der Waals surface area (Å²) in [6.45, 7) is 2.05. The molecular weight excluding hydrogens is 292 g/mol. The number of hydrogen-bond donors (Lipinski definition) is 1. The maximum absolute atomic E-state index is 9.60. The first-order chi connectivity index (χ1) is 8.65. The number of fused-ring (bicyclic) bond motifs is 1. The fourth-order valence-corrected chi connectivity index (χ4v) is 2.52. The summed E-state index contributed by atoms with van der Waals surface area (Å²) in [5, 5.41) is 9.60. The molecule has 2 heterocycles. The van der Waals surface area contributed by atoms with Crippen LogP contribution in [0.1, 0.15) is 5.56 Å². The lowest BCUT2D eigenvalue weighted by molar-refractivity contribution is 0.472. The minimum atomic E-state index is 0.223. The van der Waals surface area contributed by atoms with Gasteiger partial charge in [-0.15, -0.1) is 0 Å². The molecule has 0 bridgehead atoms. The zero-order valence-corrected chi connectivity index (χ0v) is 11.3. The van der Waals surface area contributed by atoms with Gasteiger partial charge in [0.2, 0.25) is 0 Å². The van der Waals surface area contributed by atoms with Gasteiger partial charge in [0.25, 0.3) is 0 Å². The number of nitrogens with zero attached hydrogens (tertiary/aromatic N) is 2. The van der Waals surface area contributed by atoms with Gasteiger partial charge in [-0.1, -0.05) is 23.8 Å². The van der Waals surface area contributed by atoms with Crippen LogP contribution in [0.15, 0.2) is 47.2 Å². The topological polar surface area (TPSA) is 37.5 Å². The van der Waals surface area contributed by atoms with Gasteiger partial charge in [0.05, 0.1) is 11.7 Å². The first kappa shape index (κ1) is 11.3. The molecule has 0 aliphatic heterocycles. The zero-order valence-electron chi connectivity index (χ0n) is 9.76. The smallest absolute Gasteiger partial charge is 0.146 e. The van der Waals surface area contributed by atoms with Crippen LogP contribution in [0.2, 0.25) is 0 Å². The lowest BCUT2D eigenvalue weighted by atomic mass is 10.1. The molecule has 0 unspecified atom stereocenters. The highest BCUT2D eigenvalue weighted by atomic mass is 79.9. The van der Waals surface area contributed by atoms with Crippen LogP contribution < -0.4 is 0 Å². The Hall–Kier alpha value is -1.81. The number of halogens is 1. The molecule has 4 heteroatoms. The third-order valence-electron chi connectivity index (χ3n) is 2.85. The summed E-state index contributed by atoms with van der Waals surface area (Å²) < 4.78 is 2.66. The first-order valence-electron chi connectivity index (χ1n) is 5.59. The van der Waals surface area contributed by atoms with Crippen molar-refractivity contribution >= 4 is 21.4 Å². The zero-order chi connectivity index (χ0) is 12.7. The summed E-state index contributed by atoms with van der Waals surface area (Å²) in [5.41, 5.74) is 3.14. The number of pyridine rings is 1. The molecule has 0 radical (unpaired) electrons. The van der Waals surface area contributed by atoms with Crippen LogP contribution in [0.4, 0.5) is 0 Å². The largest absolute Gasteiger partial charge is 0.506 e. The molecular formula is C14H11BrN2O. The second-order valence-corrected chi connectivity index (χ2v) is 4.99. The highest BCUT2D eigenvalue weighted by Gasteiger charge is 2.11. The van der Waals surface area contributed by atoms with E-state index in [0.29, 0.717) is 0 Å². The molecule has 18 heavy (non-hydrogen) atoms. The molecule has 0 aliphatic rings. The molecule has 2 aromatic heterocycles. The number of hydrogen-bond acceptors (Lipinski definition) is 2. The Bertz CT molecular complexity index is 734. The fourth-order valence-electron chi connectivity index (χ4n) is 2.02. The Morgan fingerprint density at radius 2 is 2.06 bits per heavy atom. The van der Waals surface area contributed by atoms with E-state index in [1.165, 1.54) is 5.56 Å². The van der Waals surface area contributed by atoms with Gasteiger partial charge in [-0.3, -0.25) is 4.40 Å². The van der Waals surface area contributed by atoms with Crippen LogP contribution in [0.3, 0.4) is 0 Å². The maximum atomic E-state index is 9.60.